The van der Waals surface area contributed by atoms with Gasteiger partial charge in [0.05, 0.1) is 0 Å². The second-order valence-electron chi connectivity index (χ2n) is 8.97. The molecule has 1 saturated carbocycles. The third-order valence-corrected chi connectivity index (χ3v) is 11.8. The number of rotatable bonds is 4. The Balaban J connectivity index is 1.72. The van der Waals surface area contributed by atoms with Gasteiger partial charge in [0.25, 0.3) is 0 Å². The van der Waals surface area contributed by atoms with E-state index >= 15 is 0 Å². The van der Waals surface area contributed by atoms with Crippen molar-refractivity contribution in [2.75, 3.05) is 20.2 Å². The summed E-state index contributed by atoms with van der Waals surface area (Å²) in [5, 5.41) is 14.2. The van der Waals surface area contributed by atoms with Gasteiger partial charge in [-0.2, -0.15) is 0 Å². The van der Waals surface area contributed by atoms with Crippen molar-refractivity contribution in [1.29, 1.82) is 0 Å². The molecule has 3 atom stereocenters. The van der Waals surface area contributed by atoms with Crippen molar-refractivity contribution in [2.45, 2.75) is 91.0 Å². The number of aliphatic hydroxyl groups is 1. The molecule has 0 aromatic carbocycles. The van der Waals surface area contributed by atoms with E-state index in [-0.39, 0.29) is 0 Å². The molecule has 3 aliphatic rings. The van der Waals surface area contributed by atoms with Crippen LogP contribution in [0, 0.1) is 5.92 Å². The van der Waals surface area contributed by atoms with Gasteiger partial charge in [0, 0.05) is 0 Å². The van der Waals surface area contributed by atoms with Crippen LogP contribution in [0.4, 0.5) is 0 Å². The molecule has 1 N–H and O–H groups in total. The van der Waals surface area contributed by atoms with Gasteiger partial charge >= 0.3 is 196 Å². The third-order valence-electron chi connectivity index (χ3n) is 6.46. The SMILES string of the molecule is CN1SN=C2N1CCCCCC2(O)[I-]C1(C)CCCCCC(C[O][AlH2])CCC1. The van der Waals surface area contributed by atoms with E-state index < -0.39 is 24.8 Å². The zero-order chi connectivity index (χ0) is 20.0. The minimum atomic E-state index is -0.673. The monoisotopic (exact) mass is 538 g/mol. The van der Waals surface area contributed by atoms with Gasteiger partial charge in [0.15, 0.2) is 0 Å². The van der Waals surface area contributed by atoms with Crippen LogP contribution in [-0.2, 0) is 3.79 Å². The van der Waals surface area contributed by atoms with Crippen LogP contribution in [-0.4, -0.2) is 64.2 Å². The van der Waals surface area contributed by atoms with E-state index in [0.29, 0.717) is 3.42 Å². The predicted octanol–water partition coefficient (Wildman–Crippen LogP) is 0.536. The second-order valence-corrected chi connectivity index (χ2v) is 15.4. The van der Waals surface area contributed by atoms with E-state index in [1.54, 1.807) is 0 Å². The summed E-state index contributed by atoms with van der Waals surface area (Å²) in [6.45, 7) is 4.44. The molecule has 2 aliphatic heterocycles. The Morgan fingerprint density at radius 1 is 1.14 bits per heavy atom. The van der Waals surface area contributed by atoms with Crippen molar-refractivity contribution in [2.24, 2.45) is 10.3 Å². The van der Waals surface area contributed by atoms with E-state index in [2.05, 4.69) is 23.4 Å². The van der Waals surface area contributed by atoms with E-state index in [9.17, 15) is 5.11 Å². The molecule has 2 heterocycles. The fourth-order valence-electron chi connectivity index (χ4n) is 4.84. The van der Waals surface area contributed by atoms with Crippen molar-refractivity contribution < 1.29 is 30.1 Å². The predicted molar refractivity (Wildman–Crippen MR) is 116 cm³/mol. The topological polar surface area (TPSA) is 48.3 Å². The third kappa shape index (κ3) is 6.24. The van der Waals surface area contributed by atoms with Gasteiger partial charge in [0.1, 0.15) is 0 Å². The van der Waals surface area contributed by atoms with E-state index in [0.717, 1.165) is 54.4 Å². The number of fused-ring (bicyclic) bond motifs is 1. The summed E-state index contributed by atoms with van der Waals surface area (Å²) in [6, 6.07) is 0. The Morgan fingerprint density at radius 3 is 2.68 bits per heavy atom. The van der Waals surface area contributed by atoms with Gasteiger partial charge in [-0.05, 0) is 0 Å². The molecular weight excluding hydrogens is 500 g/mol. The molecule has 2 fully saturated rings. The van der Waals surface area contributed by atoms with Crippen LogP contribution in [0.3, 0.4) is 0 Å². The van der Waals surface area contributed by atoms with Crippen LogP contribution >= 0.6 is 12.1 Å². The number of nitrogens with zero attached hydrogens (tertiary/aromatic N) is 3. The number of amidine groups is 1. The van der Waals surface area contributed by atoms with Crippen molar-refractivity contribution in [3.8, 4) is 0 Å². The Bertz CT molecular complexity index is 544. The van der Waals surface area contributed by atoms with Gasteiger partial charge in [-0.25, -0.2) is 0 Å². The molecule has 0 radical (unpaired) electrons. The molecule has 0 aromatic heterocycles. The standard InChI is InChI=1S/C20H36IN3O2S.Al.2H/c1-19(12-6-3-5-10-17(16-25)11-9-13-19)21-20(26)14-7-4-8-15-24-18(20)22-27-23(24)2;;;/h17,26H,3-16H2,1-2H3;;;/q-2;+1;;. The number of alkyl halides is 2. The van der Waals surface area contributed by atoms with Gasteiger partial charge in [-0.3, -0.25) is 0 Å². The first kappa shape index (κ1) is 23.6. The molecule has 0 amide bonds. The van der Waals surface area contributed by atoms with Crippen molar-refractivity contribution in [1.82, 2.24) is 9.42 Å². The molecule has 3 rings (SSSR count). The second kappa shape index (κ2) is 11.0. The normalized spacial score (nSPS) is 36.5. The average Bonchev–Trinajstić information content (AvgIpc) is 3.00. The number of hydrazine groups is 1. The van der Waals surface area contributed by atoms with Gasteiger partial charge in [0.2, 0.25) is 0 Å². The first-order valence-electron chi connectivity index (χ1n) is 11.1. The summed E-state index contributed by atoms with van der Waals surface area (Å²) < 4.78 is 12.1. The Hall–Kier alpha value is 0.962. The molecule has 162 valence electrons. The molecule has 0 aromatic rings. The molecule has 0 bridgehead atoms. The average molecular weight is 538 g/mol. The maximum absolute atomic E-state index is 11.9. The van der Waals surface area contributed by atoms with Crippen LogP contribution in [0.15, 0.2) is 4.40 Å². The quantitative estimate of drug-likeness (QED) is 0.245. The number of hydrogen-bond acceptors (Lipinski definition) is 6. The van der Waals surface area contributed by atoms with Crippen LogP contribution < -0.4 is 21.2 Å². The minimum absolute atomic E-state index is 0.302. The van der Waals surface area contributed by atoms with Crippen LogP contribution in [0.25, 0.3) is 0 Å². The Kier molecular flexibility index (Phi) is 9.29. The molecule has 8 heteroatoms. The Morgan fingerprint density at radius 2 is 1.86 bits per heavy atom. The summed E-state index contributed by atoms with van der Waals surface area (Å²) in [6.07, 6.45) is 14.9. The molecule has 28 heavy (non-hydrogen) atoms. The molecular formula is C20H38AlIN3O2S-. The molecule has 5 nitrogen and oxygen atoms in total. The van der Waals surface area contributed by atoms with Crippen LogP contribution in [0.2, 0.25) is 0 Å². The molecule has 3 unspecified atom stereocenters. The van der Waals surface area contributed by atoms with Crippen molar-refractivity contribution in [3.05, 3.63) is 0 Å². The zero-order valence-corrected chi connectivity index (χ0v) is 22.9. The first-order valence-corrected chi connectivity index (χ1v) is 14.8. The fraction of sp³-hybridized carbons (Fsp3) is 0.950. The zero-order valence-electron chi connectivity index (χ0n) is 18.0. The maximum atomic E-state index is 11.9. The summed E-state index contributed by atoms with van der Waals surface area (Å²) in [5.41, 5.74) is 0. The summed E-state index contributed by atoms with van der Waals surface area (Å²) in [7, 11) is 2.07. The van der Waals surface area contributed by atoms with Crippen molar-refractivity contribution in [3.63, 3.8) is 0 Å². The van der Waals surface area contributed by atoms with Gasteiger partial charge in [-0.1, -0.05) is 0 Å². The summed E-state index contributed by atoms with van der Waals surface area (Å²) >= 11 is 1.93. The van der Waals surface area contributed by atoms with Crippen LogP contribution in [0.1, 0.15) is 84.0 Å². The van der Waals surface area contributed by atoms with E-state index in [1.807, 2.05) is 0 Å². The number of hydrogen-bond donors (Lipinski definition) is 1. The fourth-order valence-corrected chi connectivity index (χ4v) is 10.9. The molecule has 1 aliphatic carbocycles. The first-order chi connectivity index (χ1) is 13.5. The summed E-state index contributed by atoms with van der Waals surface area (Å²) in [5.74, 6) is 1.72. The van der Waals surface area contributed by atoms with Gasteiger partial charge < -0.3 is 0 Å². The number of halogens is 1. The molecule has 0 spiro atoms. The van der Waals surface area contributed by atoms with Crippen LogP contribution in [0.5, 0.6) is 0 Å². The van der Waals surface area contributed by atoms with Gasteiger partial charge in [-0.15, -0.1) is 0 Å². The van der Waals surface area contributed by atoms with E-state index in [4.69, 9.17) is 8.19 Å². The summed E-state index contributed by atoms with van der Waals surface area (Å²) in [4.78, 5) is 0. The van der Waals surface area contributed by atoms with E-state index in [1.165, 1.54) is 76.3 Å². The Labute approximate surface area is 194 Å². The molecule has 1 saturated heterocycles. The van der Waals surface area contributed by atoms with Crippen molar-refractivity contribution >= 4 is 34.6 Å².